The van der Waals surface area contributed by atoms with E-state index in [4.69, 9.17) is 14.2 Å². The molecule has 1 atom stereocenters. The largest absolute Gasteiger partial charge is 0.463 e. The van der Waals surface area contributed by atoms with Crippen LogP contribution in [0.1, 0.15) is 38.3 Å². The van der Waals surface area contributed by atoms with E-state index in [1.54, 1.807) is 19.1 Å². The first-order valence-electron chi connectivity index (χ1n) is 10.1. The zero-order valence-electron chi connectivity index (χ0n) is 16.8. The number of fused-ring (bicyclic) bond motifs is 1. The fourth-order valence-electron chi connectivity index (χ4n) is 3.98. The van der Waals surface area contributed by atoms with Crippen LogP contribution in [-0.2, 0) is 9.53 Å². The molecule has 1 fully saturated rings. The van der Waals surface area contributed by atoms with Crippen molar-refractivity contribution < 1.29 is 23.8 Å². The standard InChI is InChI=1S/C21H27N3O5/c1-3-27-20(25)18-15(11-24-8-6-13(2)7-9-24)22-21(26)23-19(18)14-4-5-16-17(10-14)29-12-28-16/h4-5,10,13,19H,3,6-9,11-12H2,1-2H3,(H2,22,23,26)/t19-/m1/s1. The van der Waals surface area contributed by atoms with Crippen molar-refractivity contribution >= 4 is 12.0 Å². The number of likely N-dealkylation sites (tertiary alicyclic amines) is 1. The first-order valence-corrected chi connectivity index (χ1v) is 10.1. The summed E-state index contributed by atoms with van der Waals surface area (Å²) in [7, 11) is 0. The Labute approximate surface area is 170 Å². The maximum absolute atomic E-state index is 12.9. The second-order valence-corrected chi connectivity index (χ2v) is 7.72. The molecular formula is C21H27N3O5. The van der Waals surface area contributed by atoms with E-state index in [-0.39, 0.29) is 19.4 Å². The molecule has 156 valence electrons. The number of ether oxygens (including phenoxy) is 3. The molecule has 0 unspecified atom stereocenters. The molecular weight excluding hydrogens is 374 g/mol. The van der Waals surface area contributed by atoms with Crippen LogP contribution in [0.2, 0.25) is 0 Å². The first kappa shape index (κ1) is 19.6. The van der Waals surface area contributed by atoms with Gasteiger partial charge in [-0.1, -0.05) is 13.0 Å². The Morgan fingerprint density at radius 3 is 2.76 bits per heavy atom. The minimum atomic E-state index is -0.615. The van der Waals surface area contributed by atoms with Crippen molar-refractivity contribution in [1.82, 2.24) is 15.5 Å². The number of hydrogen-bond acceptors (Lipinski definition) is 6. The van der Waals surface area contributed by atoms with Gasteiger partial charge in [0.25, 0.3) is 0 Å². The summed E-state index contributed by atoms with van der Waals surface area (Å²) < 4.78 is 16.2. The fraction of sp³-hybridized carbons (Fsp3) is 0.524. The molecule has 0 radical (unpaired) electrons. The van der Waals surface area contributed by atoms with Gasteiger partial charge in [-0.2, -0.15) is 0 Å². The number of rotatable bonds is 5. The van der Waals surface area contributed by atoms with E-state index < -0.39 is 12.0 Å². The Bertz CT molecular complexity index is 830. The summed E-state index contributed by atoms with van der Waals surface area (Å²) in [5, 5.41) is 5.71. The van der Waals surface area contributed by atoms with Crippen LogP contribution in [0.5, 0.6) is 11.5 Å². The molecule has 3 heterocycles. The van der Waals surface area contributed by atoms with Gasteiger partial charge in [-0.25, -0.2) is 9.59 Å². The number of benzene rings is 1. The molecule has 0 spiro atoms. The molecule has 1 saturated heterocycles. The first-order chi connectivity index (χ1) is 14.0. The van der Waals surface area contributed by atoms with Gasteiger partial charge in [0, 0.05) is 12.2 Å². The van der Waals surface area contributed by atoms with Gasteiger partial charge in [0.15, 0.2) is 11.5 Å². The van der Waals surface area contributed by atoms with Crippen LogP contribution >= 0.6 is 0 Å². The van der Waals surface area contributed by atoms with Crippen LogP contribution in [-0.4, -0.2) is 49.9 Å². The smallest absolute Gasteiger partial charge is 0.338 e. The highest BCUT2D eigenvalue weighted by molar-refractivity contribution is 5.95. The molecule has 29 heavy (non-hydrogen) atoms. The van der Waals surface area contributed by atoms with Crippen LogP contribution < -0.4 is 20.1 Å². The van der Waals surface area contributed by atoms with Crippen LogP contribution in [0.4, 0.5) is 4.79 Å². The number of hydrogen-bond donors (Lipinski definition) is 2. The van der Waals surface area contributed by atoms with Gasteiger partial charge in [-0.05, 0) is 56.5 Å². The number of piperidine rings is 1. The lowest BCUT2D eigenvalue weighted by Gasteiger charge is -2.34. The van der Waals surface area contributed by atoms with Crippen molar-refractivity contribution in [1.29, 1.82) is 0 Å². The third-order valence-corrected chi connectivity index (χ3v) is 5.64. The van der Waals surface area contributed by atoms with Crippen molar-refractivity contribution in [3.63, 3.8) is 0 Å². The van der Waals surface area contributed by atoms with Gasteiger partial charge >= 0.3 is 12.0 Å². The van der Waals surface area contributed by atoms with Crippen molar-refractivity contribution in [2.45, 2.75) is 32.7 Å². The van der Waals surface area contributed by atoms with Crippen LogP contribution in [0.25, 0.3) is 0 Å². The topological polar surface area (TPSA) is 89.1 Å². The van der Waals surface area contributed by atoms with E-state index in [9.17, 15) is 9.59 Å². The van der Waals surface area contributed by atoms with E-state index in [1.165, 1.54) is 0 Å². The lowest BCUT2D eigenvalue weighted by atomic mass is 9.94. The highest BCUT2D eigenvalue weighted by Gasteiger charge is 2.35. The lowest BCUT2D eigenvalue weighted by molar-refractivity contribution is -0.139. The van der Waals surface area contributed by atoms with Crippen molar-refractivity contribution in [2.24, 2.45) is 5.92 Å². The number of urea groups is 1. The Balaban J connectivity index is 1.68. The number of carbonyl (C=O) groups is 2. The summed E-state index contributed by atoms with van der Waals surface area (Å²) in [6, 6.07) is 4.48. The van der Waals surface area contributed by atoms with E-state index in [2.05, 4.69) is 22.5 Å². The number of carbonyl (C=O) groups excluding carboxylic acids is 2. The van der Waals surface area contributed by atoms with Gasteiger partial charge in [0.05, 0.1) is 18.2 Å². The van der Waals surface area contributed by atoms with Crippen molar-refractivity contribution in [3.8, 4) is 11.5 Å². The number of nitrogens with zero attached hydrogens (tertiary/aromatic N) is 1. The van der Waals surface area contributed by atoms with Gasteiger partial charge in [0.1, 0.15) is 0 Å². The molecule has 3 aliphatic heterocycles. The van der Waals surface area contributed by atoms with Crippen molar-refractivity contribution in [2.75, 3.05) is 33.0 Å². The molecule has 1 aromatic rings. The minimum absolute atomic E-state index is 0.163. The zero-order chi connectivity index (χ0) is 20.4. The average molecular weight is 401 g/mol. The highest BCUT2D eigenvalue weighted by Crippen LogP contribution is 2.37. The predicted molar refractivity (Wildman–Crippen MR) is 105 cm³/mol. The Hall–Kier alpha value is -2.74. The summed E-state index contributed by atoms with van der Waals surface area (Å²) in [5.74, 6) is 1.53. The summed E-state index contributed by atoms with van der Waals surface area (Å²) in [4.78, 5) is 27.6. The average Bonchev–Trinajstić information content (AvgIpc) is 3.17. The summed E-state index contributed by atoms with van der Waals surface area (Å²) in [6.07, 6.45) is 2.22. The van der Waals surface area contributed by atoms with Gasteiger partial charge < -0.3 is 24.8 Å². The van der Waals surface area contributed by atoms with E-state index in [0.29, 0.717) is 35.2 Å². The van der Waals surface area contributed by atoms with Crippen LogP contribution in [0.3, 0.4) is 0 Å². The van der Waals surface area contributed by atoms with Gasteiger partial charge in [-0.15, -0.1) is 0 Å². The summed E-state index contributed by atoms with van der Waals surface area (Å²) in [6.45, 7) is 6.85. The second kappa shape index (κ2) is 8.32. The molecule has 8 nitrogen and oxygen atoms in total. The molecule has 0 saturated carbocycles. The monoisotopic (exact) mass is 401 g/mol. The molecule has 0 aliphatic carbocycles. The third-order valence-electron chi connectivity index (χ3n) is 5.64. The second-order valence-electron chi connectivity index (χ2n) is 7.72. The number of esters is 1. The zero-order valence-corrected chi connectivity index (χ0v) is 16.8. The van der Waals surface area contributed by atoms with Crippen LogP contribution in [0.15, 0.2) is 29.5 Å². The van der Waals surface area contributed by atoms with E-state index in [1.807, 2.05) is 6.07 Å². The quantitative estimate of drug-likeness (QED) is 0.736. The maximum Gasteiger partial charge on any atom is 0.338 e. The lowest BCUT2D eigenvalue weighted by Crippen LogP contribution is -2.49. The summed E-state index contributed by atoms with van der Waals surface area (Å²) >= 11 is 0. The molecule has 2 amide bonds. The SMILES string of the molecule is CCOC(=O)C1=C(CN2CCC(C)CC2)NC(=O)N[C@@H]1c1ccc2c(c1)OCO2. The van der Waals surface area contributed by atoms with Gasteiger partial charge in [-0.3, -0.25) is 4.90 Å². The molecule has 0 aromatic heterocycles. The Morgan fingerprint density at radius 1 is 1.24 bits per heavy atom. The molecule has 4 rings (SSSR count). The molecule has 2 N–H and O–H groups in total. The Kier molecular flexibility index (Phi) is 5.62. The molecule has 3 aliphatic rings. The fourth-order valence-corrected chi connectivity index (χ4v) is 3.98. The Morgan fingerprint density at radius 2 is 2.00 bits per heavy atom. The van der Waals surface area contributed by atoms with E-state index >= 15 is 0 Å². The maximum atomic E-state index is 12.9. The number of amides is 2. The van der Waals surface area contributed by atoms with Crippen LogP contribution in [0, 0.1) is 5.92 Å². The van der Waals surface area contributed by atoms with Gasteiger partial charge in [0.2, 0.25) is 6.79 Å². The number of nitrogens with one attached hydrogen (secondary N) is 2. The normalized spacial score (nSPS) is 22.3. The molecule has 0 bridgehead atoms. The molecule has 8 heteroatoms. The van der Waals surface area contributed by atoms with E-state index in [0.717, 1.165) is 31.5 Å². The minimum Gasteiger partial charge on any atom is -0.463 e. The van der Waals surface area contributed by atoms with Crippen molar-refractivity contribution in [3.05, 3.63) is 35.0 Å². The predicted octanol–water partition coefficient (Wildman–Crippen LogP) is 2.32. The highest BCUT2D eigenvalue weighted by atomic mass is 16.7. The summed E-state index contributed by atoms with van der Waals surface area (Å²) in [5.41, 5.74) is 1.78. The molecule has 1 aromatic carbocycles. The third kappa shape index (κ3) is 4.17.